The Morgan fingerprint density at radius 2 is 2.13 bits per heavy atom. The summed E-state index contributed by atoms with van der Waals surface area (Å²) >= 11 is 1.55. The summed E-state index contributed by atoms with van der Waals surface area (Å²) in [7, 11) is 0. The Balaban J connectivity index is 2.02. The third-order valence-electron chi connectivity index (χ3n) is 2.73. The number of hydrogen-bond acceptors (Lipinski definition) is 5. The first-order chi connectivity index (χ1) is 10.7. The zero-order chi connectivity index (χ0) is 17.0. The van der Waals surface area contributed by atoms with Crippen LogP contribution in [0.15, 0.2) is 24.4 Å². The van der Waals surface area contributed by atoms with Gasteiger partial charge in [0.25, 0.3) is 0 Å². The second kappa shape index (κ2) is 6.95. The minimum absolute atomic E-state index is 0.310. The van der Waals surface area contributed by atoms with Crippen LogP contribution in [-0.2, 0) is 11.3 Å². The topological polar surface area (TPSA) is 63.2 Å². The quantitative estimate of drug-likeness (QED) is 0.859. The van der Waals surface area contributed by atoms with E-state index in [1.807, 2.05) is 6.92 Å². The predicted octanol–water partition coefficient (Wildman–Crippen LogP) is 4.55. The van der Waals surface area contributed by atoms with E-state index in [1.165, 1.54) is 18.2 Å². The van der Waals surface area contributed by atoms with E-state index in [-0.39, 0.29) is 5.82 Å². The molecule has 2 aromatic rings. The van der Waals surface area contributed by atoms with Crippen LogP contribution in [0.5, 0.6) is 0 Å². The fraction of sp³-hybridized carbons (Fsp3) is 0.375. The second-order valence-corrected chi connectivity index (χ2v) is 7.34. The van der Waals surface area contributed by atoms with Crippen molar-refractivity contribution < 1.29 is 13.9 Å². The number of anilines is 2. The standard InChI is InChI=1S/C16H20FN3O2S/c1-10-18-8-12(23-10)9-19-14-7-11(5-6-13(14)17)20-15(21)22-16(2,3)4/h5-8,19H,9H2,1-4H3,(H,20,21). The molecule has 0 fully saturated rings. The fourth-order valence-electron chi connectivity index (χ4n) is 1.83. The number of amides is 1. The molecule has 0 spiro atoms. The molecule has 0 saturated carbocycles. The highest BCUT2D eigenvalue weighted by molar-refractivity contribution is 7.11. The van der Waals surface area contributed by atoms with Crippen LogP contribution in [0.3, 0.4) is 0 Å². The van der Waals surface area contributed by atoms with Crippen LogP contribution in [0.1, 0.15) is 30.7 Å². The highest BCUT2D eigenvalue weighted by Crippen LogP contribution is 2.22. The van der Waals surface area contributed by atoms with Crippen LogP contribution in [0.2, 0.25) is 0 Å². The zero-order valence-electron chi connectivity index (χ0n) is 13.6. The number of halogens is 1. The first-order valence-electron chi connectivity index (χ1n) is 7.18. The average molecular weight is 337 g/mol. The molecule has 124 valence electrons. The minimum Gasteiger partial charge on any atom is -0.444 e. The number of rotatable bonds is 4. The molecule has 1 amide bonds. The summed E-state index contributed by atoms with van der Waals surface area (Å²) in [5.41, 5.74) is 0.183. The summed E-state index contributed by atoms with van der Waals surface area (Å²) in [5, 5.41) is 6.56. The molecular weight excluding hydrogens is 317 g/mol. The lowest BCUT2D eigenvalue weighted by atomic mass is 10.2. The van der Waals surface area contributed by atoms with Gasteiger partial charge >= 0.3 is 6.09 Å². The molecule has 7 heteroatoms. The maximum Gasteiger partial charge on any atom is 0.412 e. The largest absolute Gasteiger partial charge is 0.444 e. The Hall–Kier alpha value is -2.15. The van der Waals surface area contributed by atoms with Crippen molar-refractivity contribution >= 4 is 28.8 Å². The molecule has 1 aromatic heterocycles. The number of nitrogens with one attached hydrogen (secondary N) is 2. The molecule has 2 N–H and O–H groups in total. The molecule has 0 aliphatic heterocycles. The van der Waals surface area contributed by atoms with Gasteiger partial charge < -0.3 is 10.1 Å². The van der Waals surface area contributed by atoms with Crippen LogP contribution in [0.4, 0.5) is 20.6 Å². The van der Waals surface area contributed by atoms with Crippen LogP contribution < -0.4 is 10.6 Å². The maximum atomic E-state index is 13.9. The molecule has 1 aromatic carbocycles. The molecule has 0 bridgehead atoms. The van der Waals surface area contributed by atoms with Gasteiger partial charge in [-0.15, -0.1) is 11.3 Å². The number of hydrogen-bond donors (Lipinski definition) is 2. The van der Waals surface area contributed by atoms with Crippen LogP contribution >= 0.6 is 11.3 Å². The Bertz CT molecular complexity index is 695. The molecule has 0 aliphatic rings. The third kappa shape index (κ3) is 5.52. The number of nitrogens with zero attached hydrogens (tertiary/aromatic N) is 1. The monoisotopic (exact) mass is 337 g/mol. The maximum absolute atomic E-state index is 13.9. The normalized spacial score (nSPS) is 11.2. The van der Waals surface area contributed by atoms with E-state index in [9.17, 15) is 9.18 Å². The molecule has 0 aliphatic carbocycles. The van der Waals surface area contributed by atoms with Gasteiger partial charge in [-0.2, -0.15) is 0 Å². The van der Waals surface area contributed by atoms with E-state index in [0.717, 1.165) is 9.88 Å². The summed E-state index contributed by atoms with van der Waals surface area (Å²) in [5.74, 6) is -0.388. The highest BCUT2D eigenvalue weighted by atomic mass is 32.1. The SMILES string of the molecule is Cc1ncc(CNc2cc(NC(=O)OC(C)(C)C)ccc2F)s1. The average Bonchev–Trinajstić information content (AvgIpc) is 2.83. The summed E-state index contributed by atoms with van der Waals surface area (Å²) in [6, 6.07) is 4.32. The molecule has 0 radical (unpaired) electrons. The van der Waals surface area contributed by atoms with Gasteiger partial charge in [0.05, 0.1) is 17.2 Å². The minimum atomic E-state index is -0.588. The van der Waals surface area contributed by atoms with Gasteiger partial charge in [0.1, 0.15) is 11.4 Å². The lowest BCUT2D eigenvalue weighted by molar-refractivity contribution is 0.0636. The Kier molecular flexibility index (Phi) is 5.20. The predicted molar refractivity (Wildman–Crippen MR) is 90.4 cm³/mol. The molecular formula is C16H20FN3O2S. The van der Waals surface area contributed by atoms with E-state index < -0.39 is 11.7 Å². The van der Waals surface area contributed by atoms with Gasteiger partial charge in [0, 0.05) is 16.8 Å². The first kappa shape index (κ1) is 17.2. The van der Waals surface area contributed by atoms with Crippen molar-refractivity contribution in [2.75, 3.05) is 10.6 Å². The number of carbonyl (C=O) groups is 1. The highest BCUT2D eigenvalue weighted by Gasteiger charge is 2.16. The lowest BCUT2D eigenvalue weighted by Crippen LogP contribution is -2.27. The second-order valence-electron chi connectivity index (χ2n) is 6.02. The van der Waals surface area contributed by atoms with Gasteiger partial charge in [-0.05, 0) is 45.9 Å². The number of aryl methyl sites for hydroxylation is 1. The first-order valence-corrected chi connectivity index (χ1v) is 7.99. The number of benzene rings is 1. The Labute approximate surface area is 138 Å². The van der Waals surface area contributed by atoms with Crippen LogP contribution in [0, 0.1) is 12.7 Å². The number of thiazole rings is 1. The molecule has 23 heavy (non-hydrogen) atoms. The van der Waals surface area contributed by atoms with Crippen molar-refractivity contribution in [3.8, 4) is 0 Å². The molecule has 1 heterocycles. The molecule has 0 atom stereocenters. The van der Waals surface area contributed by atoms with Crippen molar-refractivity contribution in [3.63, 3.8) is 0 Å². The summed E-state index contributed by atoms with van der Waals surface area (Å²) < 4.78 is 19.0. The summed E-state index contributed by atoms with van der Waals surface area (Å²) in [6.45, 7) is 7.72. The Morgan fingerprint density at radius 3 is 2.74 bits per heavy atom. The van der Waals surface area contributed by atoms with E-state index in [0.29, 0.717) is 17.9 Å². The molecule has 0 unspecified atom stereocenters. The summed E-state index contributed by atoms with van der Waals surface area (Å²) in [6.07, 6.45) is 1.18. The third-order valence-corrected chi connectivity index (χ3v) is 3.65. The van der Waals surface area contributed by atoms with Gasteiger partial charge in [-0.3, -0.25) is 5.32 Å². The summed E-state index contributed by atoms with van der Waals surface area (Å²) in [4.78, 5) is 16.9. The zero-order valence-corrected chi connectivity index (χ0v) is 14.4. The van der Waals surface area contributed by atoms with Crippen molar-refractivity contribution in [3.05, 3.63) is 40.1 Å². The number of ether oxygens (including phenoxy) is 1. The van der Waals surface area contributed by atoms with Gasteiger partial charge in [0.2, 0.25) is 0 Å². The van der Waals surface area contributed by atoms with Crippen LogP contribution in [0.25, 0.3) is 0 Å². The Morgan fingerprint density at radius 1 is 1.39 bits per heavy atom. The lowest BCUT2D eigenvalue weighted by Gasteiger charge is -2.20. The van der Waals surface area contributed by atoms with E-state index >= 15 is 0 Å². The van der Waals surface area contributed by atoms with Gasteiger partial charge in [-0.25, -0.2) is 14.2 Å². The van der Waals surface area contributed by atoms with Crippen molar-refractivity contribution in [2.24, 2.45) is 0 Å². The van der Waals surface area contributed by atoms with E-state index in [4.69, 9.17) is 4.74 Å². The van der Waals surface area contributed by atoms with Gasteiger partial charge in [-0.1, -0.05) is 0 Å². The van der Waals surface area contributed by atoms with Crippen molar-refractivity contribution in [1.82, 2.24) is 4.98 Å². The van der Waals surface area contributed by atoms with Crippen LogP contribution in [-0.4, -0.2) is 16.7 Å². The van der Waals surface area contributed by atoms with Crippen molar-refractivity contribution in [1.29, 1.82) is 0 Å². The van der Waals surface area contributed by atoms with E-state index in [1.54, 1.807) is 38.3 Å². The molecule has 5 nitrogen and oxygen atoms in total. The number of carbonyl (C=O) groups excluding carboxylic acids is 1. The molecule has 0 saturated heterocycles. The van der Waals surface area contributed by atoms with Gasteiger partial charge in [0.15, 0.2) is 0 Å². The fourth-order valence-corrected chi connectivity index (χ4v) is 2.56. The molecule has 2 rings (SSSR count). The van der Waals surface area contributed by atoms with Crippen molar-refractivity contribution in [2.45, 2.75) is 39.8 Å². The number of aromatic nitrogens is 1. The van der Waals surface area contributed by atoms with E-state index in [2.05, 4.69) is 15.6 Å². The smallest absolute Gasteiger partial charge is 0.412 e.